The van der Waals surface area contributed by atoms with Crippen molar-refractivity contribution in [1.82, 2.24) is 10.5 Å². The first-order valence-corrected chi connectivity index (χ1v) is 5.60. The molecular weight excluding hydrogens is 224 g/mol. The fraction of sp³-hybridized carbons (Fsp3) is 0.636. The van der Waals surface area contributed by atoms with E-state index < -0.39 is 0 Å². The molecule has 1 saturated carbocycles. The van der Waals surface area contributed by atoms with E-state index in [4.69, 9.17) is 14.4 Å². The number of rotatable bonds is 5. The van der Waals surface area contributed by atoms with Crippen LogP contribution in [0.15, 0.2) is 10.6 Å². The molecule has 0 saturated heterocycles. The monoisotopic (exact) mass is 240 g/mol. The molecule has 0 aliphatic heterocycles. The molecule has 2 rings (SSSR count). The lowest BCUT2D eigenvalue weighted by Crippen LogP contribution is -2.38. The Bertz CT molecular complexity index is 385. The second-order valence-corrected chi connectivity index (χ2v) is 4.31. The summed E-state index contributed by atoms with van der Waals surface area (Å²) in [5.74, 6) is 0.647. The zero-order valence-electron chi connectivity index (χ0n) is 9.68. The molecule has 1 aliphatic carbocycles. The molecule has 0 aromatic carbocycles. The van der Waals surface area contributed by atoms with Crippen molar-refractivity contribution in [2.24, 2.45) is 5.92 Å². The van der Waals surface area contributed by atoms with Crippen LogP contribution in [0.2, 0.25) is 0 Å². The summed E-state index contributed by atoms with van der Waals surface area (Å²) in [7, 11) is 1.55. The number of ether oxygens (including phenoxy) is 1. The van der Waals surface area contributed by atoms with Crippen molar-refractivity contribution in [1.29, 1.82) is 0 Å². The molecule has 1 heterocycles. The zero-order chi connectivity index (χ0) is 12.3. The third kappa shape index (κ3) is 3.04. The average Bonchev–Trinajstić information content (AvgIpc) is 2.71. The van der Waals surface area contributed by atoms with Gasteiger partial charge in [-0.1, -0.05) is 5.16 Å². The van der Waals surface area contributed by atoms with Crippen molar-refractivity contribution < 1.29 is 19.2 Å². The number of carbonyl (C=O) groups is 1. The number of carbonyl (C=O) groups excluding carboxylic acids is 1. The van der Waals surface area contributed by atoms with Crippen molar-refractivity contribution in [2.75, 3.05) is 13.7 Å². The third-order valence-corrected chi connectivity index (χ3v) is 2.84. The highest BCUT2D eigenvalue weighted by atomic mass is 16.5. The molecule has 1 aromatic heterocycles. The van der Waals surface area contributed by atoms with Crippen molar-refractivity contribution in [2.45, 2.75) is 25.6 Å². The number of methoxy groups -OCH3 is 1. The van der Waals surface area contributed by atoms with E-state index in [-0.39, 0.29) is 17.7 Å². The number of aliphatic hydroxyl groups excluding tert-OH is 1. The summed E-state index contributed by atoms with van der Waals surface area (Å²) in [6.07, 6.45) is 1.32. The number of aliphatic hydroxyl groups is 1. The highest BCUT2D eigenvalue weighted by Gasteiger charge is 2.27. The Hall–Kier alpha value is -1.40. The van der Waals surface area contributed by atoms with Gasteiger partial charge in [-0.3, -0.25) is 4.79 Å². The Morgan fingerprint density at radius 2 is 2.47 bits per heavy atom. The number of aromatic nitrogens is 1. The van der Waals surface area contributed by atoms with Crippen LogP contribution in [-0.4, -0.2) is 35.9 Å². The quantitative estimate of drug-likeness (QED) is 0.774. The van der Waals surface area contributed by atoms with E-state index in [1.54, 1.807) is 13.2 Å². The van der Waals surface area contributed by atoms with E-state index in [1.165, 1.54) is 0 Å². The molecule has 0 atom stereocenters. The molecule has 1 amide bonds. The van der Waals surface area contributed by atoms with Gasteiger partial charge < -0.3 is 19.7 Å². The molecule has 1 aliphatic rings. The van der Waals surface area contributed by atoms with Crippen LogP contribution in [0.3, 0.4) is 0 Å². The maximum atomic E-state index is 11.7. The van der Waals surface area contributed by atoms with Crippen LogP contribution in [0.25, 0.3) is 0 Å². The molecule has 0 unspecified atom stereocenters. The van der Waals surface area contributed by atoms with Crippen LogP contribution < -0.4 is 5.32 Å². The fourth-order valence-corrected chi connectivity index (χ4v) is 1.83. The first-order valence-electron chi connectivity index (χ1n) is 5.60. The number of nitrogens with one attached hydrogen (secondary N) is 1. The lowest BCUT2D eigenvalue weighted by atomic mass is 9.82. The van der Waals surface area contributed by atoms with Crippen LogP contribution in [0, 0.1) is 5.92 Å². The van der Waals surface area contributed by atoms with Crippen LogP contribution in [0.5, 0.6) is 0 Å². The van der Waals surface area contributed by atoms with Gasteiger partial charge in [-0.05, 0) is 18.8 Å². The average molecular weight is 240 g/mol. The highest BCUT2D eigenvalue weighted by Crippen LogP contribution is 2.26. The second kappa shape index (κ2) is 5.29. The number of nitrogens with zero attached hydrogens (tertiary/aromatic N) is 1. The second-order valence-electron chi connectivity index (χ2n) is 4.31. The summed E-state index contributed by atoms with van der Waals surface area (Å²) in [6.45, 7) is 0.872. The standard InChI is InChI=1S/C11H16N2O4/c1-16-6-9-4-10(13-17-9)11(15)12-5-7-2-8(14)3-7/h4,7-8,14H,2-3,5-6H2,1H3,(H,12,15). The molecule has 2 N–H and O–H groups in total. The molecule has 1 fully saturated rings. The Balaban J connectivity index is 1.78. The SMILES string of the molecule is COCc1cc(C(=O)NCC2CC(O)C2)no1. The Labute approximate surface area is 98.9 Å². The third-order valence-electron chi connectivity index (χ3n) is 2.84. The zero-order valence-corrected chi connectivity index (χ0v) is 9.68. The minimum Gasteiger partial charge on any atom is -0.393 e. The molecule has 0 spiro atoms. The maximum absolute atomic E-state index is 11.7. The van der Waals surface area contributed by atoms with Crippen molar-refractivity contribution in [3.8, 4) is 0 Å². The summed E-state index contributed by atoms with van der Waals surface area (Å²) in [6, 6.07) is 1.56. The van der Waals surface area contributed by atoms with Gasteiger partial charge in [0.1, 0.15) is 6.61 Å². The van der Waals surface area contributed by atoms with Gasteiger partial charge in [0.2, 0.25) is 0 Å². The highest BCUT2D eigenvalue weighted by molar-refractivity contribution is 5.92. The summed E-state index contributed by atoms with van der Waals surface area (Å²) in [5.41, 5.74) is 0.261. The lowest BCUT2D eigenvalue weighted by Gasteiger charge is -2.31. The van der Waals surface area contributed by atoms with Crippen LogP contribution in [0.1, 0.15) is 29.1 Å². The van der Waals surface area contributed by atoms with Gasteiger partial charge in [0.25, 0.3) is 5.91 Å². The molecule has 94 valence electrons. The lowest BCUT2D eigenvalue weighted by molar-refractivity contribution is 0.0419. The van der Waals surface area contributed by atoms with Crippen molar-refractivity contribution >= 4 is 5.91 Å². The largest absolute Gasteiger partial charge is 0.393 e. The summed E-state index contributed by atoms with van der Waals surface area (Å²) in [5, 5.41) is 15.5. The normalized spacial score (nSPS) is 23.2. The predicted molar refractivity (Wildman–Crippen MR) is 58.3 cm³/mol. The maximum Gasteiger partial charge on any atom is 0.273 e. The van der Waals surface area contributed by atoms with E-state index in [0.717, 1.165) is 12.8 Å². The first-order chi connectivity index (χ1) is 8.19. The summed E-state index contributed by atoms with van der Waals surface area (Å²) >= 11 is 0. The van der Waals surface area contributed by atoms with E-state index in [1.807, 2.05) is 0 Å². The van der Waals surface area contributed by atoms with E-state index in [9.17, 15) is 4.79 Å². The summed E-state index contributed by atoms with van der Waals surface area (Å²) in [4.78, 5) is 11.7. The van der Waals surface area contributed by atoms with Gasteiger partial charge >= 0.3 is 0 Å². The minimum absolute atomic E-state index is 0.197. The minimum atomic E-state index is -0.252. The molecule has 6 heteroatoms. The number of hydrogen-bond donors (Lipinski definition) is 2. The van der Waals surface area contributed by atoms with Crippen LogP contribution >= 0.6 is 0 Å². The Kier molecular flexibility index (Phi) is 3.75. The molecular formula is C11H16N2O4. The van der Waals surface area contributed by atoms with Gasteiger partial charge in [0.15, 0.2) is 11.5 Å². The molecule has 1 aromatic rings. The smallest absolute Gasteiger partial charge is 0.273 e. The van der Waals surface area contributed by atoms with Gasteiger partial charge in [-0.2, -0.15) is 0 Å². The van der Waals surface area contributed by atoms with E-state index in [0.29, 0.717) is 24.8 Å². The van der Waals surface area contributed by atoms with Crippen molar-refractivity contribution in [3.05, 3.63) is 17.5 Å². The van der Waals surface area contributed by atoms with Crippen LogP contribution in [0.4, 0.5) is 0 Å². The Morgan fingerprint density at radius 1 is 1.71 bits per heavy atom. The molecule has 0 radical (unpaired) electrons. The van der Waals surface area contributed by atoms with Crippen molar-refractivity contribution in [3.63, 3.8) is 0 Å². The summed E-state index contributed by atoms with van der Waals surface area (Å²) < 4.78 is 9.78. The molecule has 6 nitrogen and oxygen atoms in total. The van der Waals surface area contributed by atoms with Gasteiger partial charge in [0, 0.05) is 19.7 Å². The van der Waals surface area contributed by atoms with Gasteiger partial charge in [-0.25, -0.2) is 0 Å². The fourth-order valence-electron chi connectivity index (χ4n) is 1.83. The van der Waals surface area contributed by atoms with Gasteiger partial charge in [0.05, 0.1) is 6.10 Å². The number of amides is 1. The molecule has 17 heavy (non-hydrogen) atoms. The van der Waals surface area contributed by atoms with E-state index >= 15 is 0 Å². The first kappa shape index (κ1) is 12.1. The van der Waals surface area contributed by atoms with E-state index in [2.05, 4.69) is 10.5 Å². The molecule has 0 bridgehead atoms. The van der Waals surface area contributed by atoms with Gasteiger partial charge in [-0.15, -0.1) is 0 Å². The Morgan fingerprint density at radius 3 is 3.12 bits per heavy atom. The number of hydrogen-bond acceptors (Lipinski definition) is 5. The van der Waals surface area contributed by atoms with Crippen LogP contribution in [-0.2, 0) is 11.3 Å². The predicted octanol–water partition coefficient (Wildman–Crippen LogP) is 0.322. The topological polar surface area (TPSA) is 84.6 Å².